The van der Waals surface area contributed by atoms with Gasteiger partial charge >= 0.3 is 5.97 Å². The number of hydrogen-bond donors (Lipinski definition) is 1. The van der Waals surface area contributed by atoms with Crippen molar-refractivity contribution in [2.75, 3.05) is 0 Å². The van der Waals surface area contributed by atoms with E-state index in [1.54, 1.807) is 0 Å². The Morgan fingerprint density at radius 2 is 1.64 bits per heavy atom. The largest absolute Gasteiger partial charge is 0.481 e. The van der Waals surface area contributed by atoms with Crippen LogP contribution < -0.4 is 0 Å². The van der Waals surface area contributed by atoms with E-state index in [0.29, 0.717) is 5.92 Å². The van der Waals surface area contributed by atoms with Crippen molar-refractivity contribution in [2.24, 2.45) is 5.92 Å². The van der Waals surface area contributed by atoms with Crippen molar-refractivity contribution in [3.8, 4) is 11.1 Å². The van der Waals surface area contributed by atoms with E-state index in [0.717, 1.165) is 32.1 Å². The predicted molar refractivity (Wildman–Crippen MR) is 87.0 cm³/mol. The lowest BCUT2D eigenvalue weighted by Crippen LogP contribution is -2.21. The maximum atomic E-state index is 11.1. The summed E-state index contributed by atoms with van der Waals surface area (Å²) in [6.45, 7) is 0. The summed E-state index contributed by atoms with van der Waals surface area (Å²) in [5, 5.41) is 9.17. The molecule has 0 aliphatic heterocycles. The molecule has 22 heavy (non-hydrogen) atoms. The fourth-order valence-electron chi connectivity index (χ4n) is 4.22. The van der Waals surface area contributed by atoms with Crippen LogP contribution in [0, 0.1) is 5.92 Å². The minimum atomic E-state index is -0.621. The molecule has 2 aromatic rings. The lowest BCUT2D eigenvalue weighted by molar-refractivity contribution is -0.142. The highest BCUT2D eigenvalue weighted by Gasteiger charge is 2.30. The van der Waals surface area contributed by atoms with E-state index in [2.05, 4.69) is 42.5 Å². The Balaban J connectivity index is 1.65. The van der Waals surface area contributed by atoms with Gasteiger partial charge in [-0.05, 0) is 65.8 Å². The van der Waals surface area contributed by atoms with Crippen LogP contribution in [0.3, 0.4) is 0 Å². The fraction of sp³-hybridized carbons (Fsp3) is 0.350. The molecule has 112 valence electrons. The van der Waals surface area contributed by atoms with Crippen LogP contribution in [0.2, 0.25) is 0 Å². The van der Waals surface area contributed by atoms with E-state index in [4.69, 9.17) is 5.11 Å². The van der Waals surface area contributed by atoms with E-state index in [1.165, 1.54) is 27.8 Å². The molecule has 2 heteroatoms. The highest BCUT2D eigenvalue weighted by atomic mass is 16.4. The van der Waals surface area contributed by atoms with Crippen LogP contribution in [0.4, 0.5) is 0 Å². The summed E-state index contributed by atoms with van der Waals surface area (Å²) < 4.78 is 0. The summed E-state index contributed by atoms with van der Waals surface area (Å²) in [6, 6.07) is 15.3. The summed E-state index contributed by atoms with van der Waals surface area (Å²) in [6.07, 6.45) is 4.67. The summed E-state index contributed by atoms with van der Waals surface area (Å²) in [4.78, 5) is 11.1. The molecule has 0 amide bonds. The van der Waals surface area contributed by atoms with E-state index in [1.807, 2.05) is 0 Å². The van der Waals surface area contributed by atoms with Crippen molar-refractivity contribution < 1.29 is 9.90 Å². The van der Waals surface area contributed by atoms with Crippen molar-refractivity contribution in [3.63, 3.8) is 0 Å². The SMILES string of the molecule is O=C(O)C1CCC(c2cccc3c2Cc2ccccc2-3)CC1. The number of hydrogen-bond acceptors (Lipinski definition) is 1. The first-order chi connectivity index (χ1) is 10.7. The Labute approximate surface area is 130 Å². The molecule has 0 aromatic heterocycles. The highest BCUT2D eigenvalue weighted by Crippen LogP contribution is 2.44. The Morgan fingerprint density at radius 3 is 2.41 bits per heavy atom. The molecule has 0 heterocycles. The Bertz CT molecular complexity index is 724. The van der Waals surface area contributed by atoms with Crippen molar-refractivity contribution in [1.82, 2.24) is 0 Å². The number of carboxylic acids is 1. The topological polar surface area (TPSA) is 37.3 Å². The second kappa shape index (κ2) is 5.28. The lowest BCUT2D eigenvalue weighted by atomic mass is 9.77. The van der Waals surface area contributed by atoms with E-state index < -0.39 is 5.97 Å². The van der Waals surface area contributed by atoms with Gasteiger partial charge in [0.05, 0.1) is 5.92 Å². The molecule has 1 N–H and O–H groups in total. The third-order valence-corrected chi connectivity index (χ3v) is 5.40. The zero-order valence-electron chi connectivity index (χ0n) is 12.6. The Kier molecular flexibility index (Phi) is 3.25. The normalized spacial score (nSPS) is 22.9. The average molecular weight is 292 g/mol. The first kappa shape index (κ1) is 13.6. The zero-order valence-corrected chi connectivity index (χ0v) is 12.6. The van der Waals surface area contributed by atoms with Gasteiger partial charge in [-0.25, -0.2) is 0 Å². The molecular weight excluding hydrogens is 272 g/mol. The van der Waals surface area contributed by atoms with Gasteiger partial charge in [0, 0.05) is 0 Å². The summed E-state index contributed by atoms with van der Waals surface area (Å²) >= 11 is 0. The molecule has 2 aliphatic rings. The van der Waals surface area contributed by atoms with Crippen LogP contribution in [0.15, 0.2) is 42.5 Å². The predicted octanol–water partition coefficient (Wildman–Crippen LogP) is 4.62. The van der Waals surface area contributed by atoms with Crippen LogP contribution in [-0.2, 0) is 11.2 Å². The molecule has 2 aromatic carbocycles. The number of fused-ring (bicyclic) bond motifs is 3. The lowest BCUT2D eigenvalue weighted by Gasteiger charge is -2.28. The molecule has 0 atom stereocenters. The molecule has 0 bridgehead atoms. The van der Waals surface area contributed by atoms with E-state index in [9.17, 15) is 4.79 Å². The van der Waals surface area contributed by atoms with Crippen LogP contribution in [-0.4, -0.2) is 11.1 Å². The van der Waals surface area contributed by atoms with Gasteiger partial charge in [-0.15, -0.1) is 0 Å². The van der Waals surface area contributed by atoms with E-state index in [-0.39, 0.29) is 5.92 Å². The number of aliphatic carboxylic acids is 1. The Hall–Kier alpha value is -2.09. The molecule has 0 unspecified atom stereocenters. The smallest absolute Gasteiger partial charge is 0.306 e. The molecule has 0 spiro atoms. The van der Waals surface area contributed by atoms with Gasteiger partial charge in [-0.1, -0.05) is 42.5 Å². The van der Waals surface area contributed by atoms with Crippen molar-refractivity contribution in [1.29, 1.82) is 0 Å². The minimum Gasteiger partial charge on any atom is -0.481 e. The third-order valence-electron chi connectivity index (χ3n) is 5.40. The quantitative estimate of drug-likeness (QED) is 0.748. The number of rotatable bonds is 2. The van der Waals surface area contributed by atoms with Gasteiger partial charge in [-0.2, -0.15) is 0 Å². The van der Waals surface area contributed by atoms with Crippen molar-refractivity contribution in [2.45, 2.75) is 38.0 Å². The molecule has 2 nitrogen and oxygen atoms in total. The van der Waals surface area contributed by atoms with Crippen LogP contribution in [0.1, 0.15) is 48.3 Å². The maximum absolute atomic E-state index is 11.1. The van der Waals surface area contributed by atoms with Gasteiger partial charge < -0.3 is 5.11 Å². The first-order valence-corrected chi connectivity index (χ1v) is 8.17. The molecule has 2 aliphatic carbocycles. The summed E-state index contributed by atoms with van der Waals surface area (Å²) in [7, 11) is 0. The van der Waals surface area contributed by atoms with Gasteiger partial charge in [0.15, 0.2) is 0 Å². The number of carboxylic acid groups (broad SMARTS) is 1. The molecule has 0 radical (unpaired) electrons. The monoisotopic (exact) mass is 292 g/mol. The second-order valence-corrected chi connectivity index (χ2v) is 6.59. The molecule has 1 saturated carbocycles. The Morgan fingerprint density at radius 1 is 0.909 bits per heavy atom. The highest BCUT2D eigenvalue weighted by molar-refractivity contribution is 5.78. The van der Waals surface area contributed by atoms with Gasteiger partial charge in [0.25, 0.3) is 0 Å². The van der Waals surface area contributed by atoms with Crippen LogP contribution in [0.25, 0.3) is 11.1 Å². The second-order valence-electron chi connectivity index (χ2n) is 6.59. The van der Waals surface area contributed by atoms with Gasteiger partial charge in [-0.3, -0.25) is 4.79 Å². The minimum absolute atomic E-state index is 0.134. The molecule has 0 saturated heterocycles. The molecule has 4 rings (SSSR count). The number of carbonyl (C=O) groups is 1. The van der Waals surface area contributed by atoms with Crippen LogP contribution >= 0.6 is 0 Å². The fourth-order valence-corrected chi connectivity index (χ4v) is 4.22. The standard InChI is InChI=1S/C20H20O2/c21-20(22)14-10-8-13(9-11-14)16-6-3-7-18-17-5-2-1-4-15(17)12-19(16)18/h1-7,13-14H,8-12H2,(H,21,22). The summed E-state index contributed by atoms with van der Waals surface area (Å²) in [5.41, 5.74) is 7.11. The molecular formula is C20H20O2. The third kappa shape index (κ3) is 2.14. The maximum Gasteiger partial charge on any atom is 0.306 e. The van der Waals surface area contributed by atoms with E-state index >= 15 is 0 Å². The van der Waals surface area contributed by atoms with Gasteiger partial charge in [0.2, 0.25) is 0 Å². The summed E-state index contributed by atoms with van der Waals surface area (Å²) in [5.74, 6) is -0.228. The average Bonchev–Trinajstić information content (AvgIpc) is 2.93. The van der Waals surface area contributed by atoms with Crippen molar-refractivity contribution >= 4 is 5.97 Å². The van der Waals surface area contributed by atoms with Crippen LogP contribution in [0.5, 0.6) is 0 Å². The first-order valence-electron chi connectivity index (χ1n) is 8.17. The number of benzene rings is 2. The van der Waals surface area contributed by atoms with Gasteiger partial charge in [0.1, 0.15) is 0 Å². The van der Waals surface area contributed by atoms with Crippen molar-refractivity contribution in [3.05, 3.63) is 59.2 Å². The zero-order chi connectivity index (χ0) is 15.1. The molecule has 1 fully saturated rings.